The molecule has 0 aliphatic carbocycles. The van der Waals surface area contributed by atoms with Gasteiger partial charge in [-0.2, -0.15) is 0 Å². The third kappa shape index (κ3) is 3.51. The van der Waals surface area contributed by atoms with Gasteiger partial charge in [-0.3, -0.25) is 4.79 Å². The lowest BCUT2D eigenvalue weighted by molar-refractivity contribution is -0.128. The molecule has 0 aromatic heterocycles. The van der Waals surface area contributed by atoms with Gasteiger partial charge in [0.2, 0.25) is 5.91 Å². The van der Waals surface area contributed by atoms with Crippen molar-refractivity contribution in [3.63, 3.8) is 0 Å². The molecule has 0 bridgehead atoms. The summed E-state index contributed by atoms with van der Waals surface area (Å²) in [5.74, 6) is 1.03. The third-order valence-corrected chi connectivity index (χ3v) is 3.83. The normalized spacial score (nSPS) is 17.5. The Bertz CT molecular complexity index is 441. The molecule has 110 valence electrons. The van der Waals surface area contributed by atoms with Crippen molar-refractivity contribution in [1.82, 2.24) is 5.32 Å². The third-order valence-electron chi connectivity index (χ3n) is 3.83. The first-order valence-electron chi connectivity index (χ1n) is 7.27. The number of benzene rings is 1. The Labute approximate surface area is 120 Å². The molecular weight excluding hydrogens is 254 g/mol. The summed E-state index contributed by atoms with van der Waals surface area (Å²) < 4.78 is 10.7. The lowest BCUT2D eigenvalue weighted by atomic mass is 9.97. The highest BCUT2D eigenvalue weighted by atomic mass is 16.5. The van der Waals surface area contributed by atoms with Crippen LogP contribution in [0.4, 0.5) is 0 Å². The molecular formula is C16H23NO3. The smallest absolute Gasteiger partial charge is 0.223 e. The summed E-state index contributed by atoms with van der Waals surface area (Å²) in [6, 6.07) is 7.85. The van der Waals surface area contributed by atoms with Gasteiger partial charge < -0.3 is 14.8 Å². The lowest BCUT2D eigenvalue weighted by Gasteiger charge is -2.25. The molecule has 1 amide bonds. The van der Waals surface area contributed by atoms with E-state index in [1.165, 1.54) is 0 Å². The minimum Gasteiger partial charge on any atom is -0.496 e. The number of amides is 1. The molecule has 1 N–H and O–H groups in total. The van der Waals surface area contributed by atoms with Gasteiger partial charge in [0.15, 0.2) is 0 Å². The molecule has 1 heterocycles. The fraction of sp³-hybridized carbons (Fsp3) is 0.562. The number of carbonyl (C=O) groups is 1. The highest BCUT2D eigenvalue weighted by Gasteiger charge is 2.24. The lowest BCUT2D eigenvalue weighted by Crippen LogP contribution is -2.36. The van der Waals surface area contributed by atoms with Gasteiger partial charge in [0, 0.05) is 24.7 Å². The van der Waals surface area contributed by atoms with Crippen molar-refractivity contribution in [3.05, 3.63) is 29.8 Å². The van der Waals surface area contributed by atoms with Crippen LogP contribution in [0.1, 0.15) is 37.8 Å². The van der Waals surface area contributed by atoms with Crippen molar-refractivity contribution in [2.24, 2.45) is 5.92 Å². The number of para-hydroxylation sites is 1. The van der Waals surface area contributed by atoms with Gasteiger partial charge in [0.25, 0.3) is 0 Å². The number of nitrogens with one attached hydrogen (secondary N) is 1. The Morgan fingerprint density at radius 1 is 1.40 bits per heavy atom. The molecule has 1 aliphatic rings. The number of ether oxygens (including phenoxy) is 2. The highest BCUT2D eigenvalue weighted by Crippen LogP contribution is 2.27. The van der Waals surface area contributed by atoms with E-state index in [-0.39, 0.29) is 17.9 Å². The molecule has 2 rings (SSSR count). The molecule has 0 saturated carbocycles. The van der Waals surface area contributed by atoms with E-state index < -0.39 is 0 Å². The highest BCUT2D eigenvalue weighted by molar-refractivity contribution is 5.79. The summed E-state index contributed by atoms with van der Waals surface area (Å²) in [7, 11) is 1.66. The van der Waals surface area contributed by atoms with Crippen molar-refractivity contribution in [1.29, 1.82) is 0 Å². The van der Waals surface area contributed by atoms with Crippen LogP contribution < -0.4 is 10.1 Å². The van der Waals surface area contributed by atoms with Gasteiger partial charge in [-0.15, -0.1) is 0 Å². The van der Waals surface area contributed by atoms with Gasteiger partial charge in [0.1, 0.15) is 5.75 Å². The van der Waals surface area contributed by atoms with Crippen LogP contribution in [0.15, 0.2) is 24.3 Å². The Hall–Kier alpha value is -1.55. The van der Waals surface area contributed by atoms with Crippen molar-refractivity contribution < 1.29 is 14.3 Å². The van der Waals surface area contributed by atoms with Gasteiger partial charge in [0.05, 0.1) is 13.2 Å². The second kappa shape index (κ2) is 7.29. The molecule has 4 nitrogen and oxygen atoms in total. The van der Waals surface area contributed by atoms with E-state index in [2.05, 4.69) is 12.2 Å². The Kier molecular flexibility index (Phi) is 5.41. The van der Waals surface area contributed by atoms with Crippen LogP contribution in [0.25, 0.3) is 0 Å². The number of rotatable bonds is 5. The maximum absolute atomic E-state index is 12.3. The SMILES string of the molecule is CC[C@H](NC(=O)C1CCOCC1)c1ccccc1OC. The monoisotopic (exact) mass is 277 g/mol. The molecule has 1 aromatic rings. The summed E-state index contributed by atoms with van der Waals surface area (Å²) in [4.78, 5) is 12.3. The fourth-order valence-corrected chi connectivity index (χ4v) is 2.60. The zero-order valence-electron chi connectivity index (χ0n) is 12.2. The van der Waals surface area contributed by atoms with Crippen LogP contribution in [-0.2, 0) is 9.53 Å². The second-order valence-corrected chi connectivity index (χ2v) is 5.10. The predicted octanol–water partition coefficient (Wildman–Crippen LogP) is 2.69. The molecule has 1 atom stereocenters. The quantitative estimate of drug-likeness (QED) is 0.900. The fourth-order valence-electron chi connectivity index (χ4n) is 2.60. The van der Waals surface area contributed by atoms with Crippen LogP contribution >= 0.6 is 0 Å². The van der Waals surface area contributed by atoms with Crippen LogP contribution in [0.3, 0.4) is 0 Å². The number of carbonyl (C=O) groups excluding carboxylic acids is 1. The zero-order valence-corrected chi connectivity index (χ0v) is 12.2. The summed E-state index contributed by atoms with van der Waals surface area (Å²) in [5, 5.41) is 3.15. The minimum absolute atomic E-state index is 0.00138. The summed E-state index contributed by atoms with van der Waals surface area (Å²) >= 11 is 0. The van der Waals surface area contributed by atoms with Crippen LogP contribution in [-0.4, -0.2) is 26.2 Å². The maximum Gasteiger partial charge on any atom is 0.223 e. The van der Waals surface area contributed by atoms with Gasteiger partial charge in [-0.25, -0.2) is 0 Å². The molecule has 0 unspecified atom stereocenters. The molecule has 20 heavy (non-hydrogen) atoms. The largest absolute Gasteiger partial charge is 0.496 e. The first kappa shape index (κ1) is 14.9. The van der Waals surface area contributed by atoms with E-state index in [1.54, 1.807) is 7.11 Å². The van der Waals surface area contributed by atoms with Crippen molar-refractivity contribution in [3.8, 4) is 5.75 Å². The minimum atomic E-state index is 0.00138. The van der Waals surface area contributed by atoms with E-state index >= 15 is 0 Å². The molecule has 0 spiro atoms. The standard InChI is InChI=1S/C16H23NO3/c1-3-14(13-6-4-5-7-15(13)19-2)17-16(18)12-8-10-20-11-9-12/h4-7,12,14H,3,8-11H2,1-2H3,(H,17,18)/t14-/m0/s1. The average Bonchev–Trinajstić information content (AvgIpc) is 2.53. The second-order valence-electron chi connectivity index (χ2n) is 5.10. The van der Waals surface area contributed by atoms with Crippen LogP contribution in [0, 0.1) is 5.92 Å². The Morgan fingerprint density at radius 3 is 2.75 bits per heavy atom. The van der Waals surface area contributed by atoms with Crippen molar-refractivity contribution >= 4 is 5.91 Å². The summed E-state index contributed by atoms with van der Waals surface area (Å²) in [5.41, 5.74) is 1.04. The average molecular weight is 277 g/mol. The van der Waals surface area contributed by atoms with Crippen LogP contribution in [0.2, 0.25) is 0 Å². The molecule has 4 heteroatoms. The molecule has 1 fully saturated rings. The maximum atomic E-state index is 12.3. The molecule has 1 aliphatic heterocycles. The zero-order chi connectivity index (χ0) is 14.4. The van der Waals surface area contributed by atoms with Gasteiger partial charge in [-0.1, -0.05) is 25.1 Å². The van der Waals surface area contributed by atoms with Crippen LogP contribution in [0.5, 0.6) is 5.75 Å². The number of methoxy groups -OCH3 is 1. The van der Waals surface area contributed by atoms with E-state index in [1.807, 2.05) is 24.3 Å². The van der Waals surface area contributed by atoms with E-state index in [4.69, 9.17) is 9.47 Å². The van der Waals surface area contributed by atoms with Gasteiger partial charge in [-0.05, 0) is 25.3 Å². The first-order chi connectivity index (χ1) is 9.76. The van der Waals surface area contributed by atoms with Crippen molar-refractivity contribution in [2.75, 3.05) is 20.3 Å². The predicted molar refractivity (Wildman–Crippen MR) is 77.7 cm³/mol. The first-order valence-corrected chi connectivity index (χ1v) is 7.27. The number of hydrogen-bond donors (Lipinski definition) is 1. The van der Waals surface area contributed by atoms with Gasteiger partial charge >= 0.3 is 0 Å². The molecule has 0 radical (unpaired) electrons. The molecule has 1 saturated heterocycles. The van der Waals surface area contributed by atoms with Crippen molar-refractivity contribution in [2.45, 2.75) is 32.2 Å². The number of hydrogen-bond acceptors (Lipinski definition) is 3. The topological polar surface area (TPSA) is 47.6 Å². The summed E-state index contributed by atoms with van der Waals surface area (Å²) in [6.45, 7) is 3.44. The van der Waals surface area contributed by atoms with E-state index in [0.717, 1.165) is 30.6 Å². The van der Waals surface area contributed by atoms with E-state index in [0.29, 0.717) is 13.2 Å². The summed E-state index contributed by atoms with van der Waals surface area (Å²) in [6.07, 6.45) is 2.47. The molecule has 1 aromatic carbocycles. The Balaban J connectivity index is 2.06. The van der Waals surface area contributed by atoms with E-state index in [9.17, 15) is 4.79 Å². The Morgan fingerprint density at radius 2 is 2.10 bits per heavy atom.